The molecule has 1 aliphatic heterocycles. The number of aliphatic carboxylic acids is 1. The van der Waals surface area contributed by atoms with Crippen LogP contribution in [0, 0.1) is 0 Å². The van der Waals surface area contributed by atoms with Crippen molar-refractivity contribution in [3.8, 4) is 0 Å². The summed E-state index contributed by atoms with van der Waals surface area (Å²) in [6.07, 6.45) is 1.68. The van der Waals surface area contributed by atoms with E-state index >= 15 is 0 Å². The molecular weight excluding hydrogens is 248 g/mol. The molecule has 6 heteroatoms. The summed E-state index contributed by atoms with van der Waals surface area (Å²) in [5.41, 5.74) is 0.794. The number of nitrogens with zero attached hydrogens (tertiary/aromatic N) is 2. The highest BCUT2D eigenvalue weighted by Crippen LogP contribution is 2.19. The number of carbonyl (C=O) groups excluding carboxylic acids is 1. The minimum absolute atomic E-state index is 0.0953. The Labute approximate surface area is 110 Å². The first-order chi connectivity index (χ1) is 9.08. The summed E-state index contributed by atoms with van der Waals surface area (Å²) in [6.45, 7) is 0.0953. The normalized spacial score (nSPS) is 22.5. The van der Waals surface area contributed by atoms with E-state index in [-0.39, 0.29) is 25.3 Å². The molecule has 6 nitrogen and oxygen atoms in total. The summed E-state index contributed by atoms with van der Waals surface area (Å²) in [4.78, 5) is 28.4. The number of carboxylic acid groups (broad SMARTS) is 1. The van der Waals surface area contributed by atoms with Gasteiger partial charge in [0.25, 0.3) is 0 Å². The number of aliphatic hydroxyl groups is 1. The molecule has 1 amide bonds. The van der Waals surface area contributed by atoms with Gasteiger partial charge in [-0.25, -0.2) is 4.79 Å². The Bertz CT molecular complexity index is 463. The van der Waals surface area contributed by atoms with Crippen molar-refractivity contribution < 1.29 is 19.8 Å². The number of aryl methyl sites for hydroxylation is 1. The Morgan fingerprint density at radius 1 is 1.42 bits per heavy atom. The van der Waals surface area contributed by atoms with Crippen LogP contribution in [0.25, 0.3) is 0 Å². The fourth-order valence-electron chi connectivity index (χ4n) is 2.25. The SMILES string of the molecule is O=C(O)C1CC(O)CN1C(=O)CCc1ccccn1. The van der Waals surface area contributed by atoms with Crippen LogP contribution in [0.1, 0.15) is 18.5 Å². The number of amides is 1. The minimum Gasteiger partial charge on any atom is -0.480 e. The molecule has 19 heavy (non-hydrogen) atoms. The van der Waals surface area contributed by atoms with Gasteiger partial charge in [-0.05, 0) is 18.6 Å². The lowest BCUT2D eigenvalue weighted by molar-refractivity contribution is -0.148. The summed E-state index contributed by atoms with van der Waals surface area (Å²) in [6, 6.07) is 4.54. The number of likely N-dealkylation sites (tertiary alicyclic amines) is 1. The number of hydrogen-bond acceptors (Lipinski definition) is 4. The number of carboxylic acids is 1. The molecule has 1 aromatic heterocycles. The maximum absolute atomic E-state index is 12.0. The molecule has 2 atom stereocenters. The number of carbonyl (C=O) groups is 2. The largest absolute Gasteiger partial charge is 0.480 e. The third-order valence-corrected chi connectivity index (χ3v) is 3.21. The Morgan fingerprint density at radius 2 is 2.21 bits per heavy atom. The molecule has 0 saturated carbocycles. The summed E-state index contributed by atoms with van der Waals surface area (Å²) < 4.78 is 0. The van der Waals surface area contributed by atoms with Crippen molar-refractivity contribution in [3.05, 3.63) is 30.1 Å². The average Bonchev–Trinajstić information content (AvgIpc) is 2.79. The van der Waals surface area contributed by atoms with Crippen LogP contribution in [0.5, 0.6) is 0 Å². The topological polar surface area (TPSA) is 90.7 Å². The van der Waals surface area contributed by atoms with E-state index in [0.717, 1.165) is 5.69 Å². The quantitative estimate of drug-likeness (QED) is 0.802. The van der Waals surface area contributed by atoms with E-state index in [4.69, 9.17) is 5.11 Å². The molecule has 1 fully saturated rings. The van der Waals surface area contributed by atoms with Crippen molar-refractivity contribution >= 4 is 11.9 Å². The molecule has 0 radical (unpaired) electrons. The van der Waals surface area contributed by atoms with Crippen LogP contribution in [-0.2, 0) is 16.0 Å². The molecule has 2 unspecified atom stereocenters. The van der Waals surface area contributed by atoms with Gasteiger partial charge in [-0.2, -0.15) is 0 Å². The molecule has 102 valence electrons. The molecule has 2 rings (SSSR count). The monoisotopic (exact) mass is 264 g/mol. The van der Waals surface area contributed by atoms with Gasteiger partial charge >= 0.3 is 5.97 Å². The van der Waals surface area contributed by atoms with E-state index in [1.165, 1.54) is 4.90 Å². The second kappa shape index (κ2) is 5.79. The Balaban J connectivity index is 1.94. The van der Waals surface area contributed by atoms with E-state index in [1.54, 1.807) is 12.3 Å². The molecule has 1 aliphatic rings. The van der Waals surface area contributed by atoms with E-state index in [2.05, 4.69) is 4.98 Å². The van der Waals surface area contributed by atoms with E-state index in [1.807, 2.05) is 12.1 Å². The second-order valence-corrected chi connectivity index (χ2v) is 4.61. The zero-order chi connectivity index (χ0) is 13.8. The van der Waals surface area contributed by atoms with Gasteiger partial charge in [-0.3, -0.25) is 9.78 Å². The van der Waals surface area contributed by atoms with Crippen molar-refractivity contribution in [2.24, 2.45) is 0 Å². The predicted octanol–water partition coefficient (Wildman–Crippen LogP) is 0.0606. The van der Waals surface area contributed by atoms with Gasteiger partial charge in [-0.15, -0.1) is 0 Å². The highest BCUT2D eigenvalue weighted by molar-refractivity contribution is 5.84. The first kappa shape index (κ1) is 13.5. The van der Waals surface area contributed by atoms with Crippen LogP contribution >= 0.6 is 0 Å². The van der Waals surface area contributed by atoms with Gasteiger partial charge < -0.3 is 15.1 Å². The molecule has 2 N–H and O–H groups in total. The fourth-order valence-corrected chi connectivity index (χ4v) is 2.25. The van der Waals surface area contributed by atoms with Gasteiger partial charge in [0.1, 0.15) is 6.04 Å². The zero-order valence-corrected chi connectivity index (χ0v) is 10.4. The van der Waals surface area contributed by atoms with Crippen molar-refractivity contribution in [1.29, 1.82) is 0 Å². The summed E-state index contributed by atoms with van der Waals surface area (Å²) in [7, 11) is 0. The Morgan fingerprint density at radius 3 is 2.84 bits per heavy atom. The van der Waals surface area contributed by atoms with E-state index in [0.29, 0.717) is 6.42 Å². The van der Waals surface area contributed by atoms with Gasteiger partial charge in [0.15, 0.2) is 0 Å². The number of rotatable bonds is 4. The third kappa shape index (κ3) is 3.29. The van der Waals surface area contributed by atoms with Crippen LogP contribution in [-0.4, -0.2) is 50.7 Å². The molecule has 0 aromatic carbocycles. The first-order valence-corrected chi connectivity index (χ1v) is 6.18. The molecule has 2 heterocycles. The highest BCUT2D eigenvalue weighted by atomic mass is 16.4. The fraction of sp³-hybridized carbons (Fsp3) is 0.462. The lowest BCUT2D eigenvalue weighted by Gasteiger charge is -2.20. The van der Waals surface area contributed by atoms with Crippen LogP contribution in [0.4, 0.5) is 0 Å². The zero-order valence-electron chi connectivity index (χ0n) is 10.4. The van der Waals surface area contributed by atoms with Crippen LogP contribution in [0.2, 0.25) is 0 Å². The lowest BCUT2D eigenvalue weighted by Crippen LogP contribution is -2.40. The number of pyridine rings is 1. The smallest absolute Gasteiger partial charge is 0.326 e. The maximum Gasteiger partial charge on any atom is 0.326 e. The minimum atomic E-state index is -1.07. The number of aromatic nitrogens is 1. The second-order valence-electron chi connectivity index (χ2n) is 4.61. The third-order valence-electron chi connectivity index (χ3n) is 3.21. The first-order valence-electron chi connectivity index (χ1n) is 6.18. The summed E-state index contributed by atoms with van der Waals surface area (Å²) in [5.74, 6) is -1.32. The summed E-state index contributed by atoms with van der Waals surface area (Å²) in [5, 5.41) is 18.5. The standard InChI is InChI=1S/C13H16N2O4/c16-10-7-11(13(18)19)15(8-10)12(17)5-4-9-3-1-2-6-14-9/h1-3,6,10-11,16H,4-5,7-8H2,(H,18,19). The summed E-state index contributed by atoms with van der Waals surface area (Å²) >= 11 is 0. The maximum atomic E-state index is 12.0. The van der Waals surface area contributed by atoms with Crippen molar-refractivity contribution in [2.45, 2.75) is 31.4 Å². The van der Waals surface area contributed by atoms with Crippen molar-refractivity contribution in [2.75, 3.05) is 6.54 Å². The van der Waals surface area contributed by atoms with Crippen LogP contribution in [0.3, 0.4) is 0 Å². The molecule has 0 bridgehead atoms. The van der Waals surface area contributed by atoms with Crippen LogP contribution in [0.15, 0.2) is 24.4 Å². The average molecular weight is 264 g/mol. The number of β-amino-alcohol motifs (C(OH)–C–C–N with tert-alkyl or cyclic N) is 1. The molecule has 1 saturated heterocycles. The molecule has 0 aliphatic carbocycles. The number of aliphatic hydroxyl groups excluding tert-OH is 1. The van der Waals surface area contributed by atoms with Crippen molar-refractivity contribution in [3.63, 3.8) is 0 Å². The van der Waals surface area contributed by atoms with Crippen molar-refractivity contribution in [1.82, 2.24) is 9.88 Å². The molecule has 0 spiro atoms. The predicted molar refractivity (Wildman–Crippen MR) is 66.3 cm³/mol. The van der Waals surface area contributed by atoms with Gasteiger partial charge in [0.05, 0.1) is 6.10 Å². The van der Waals surface area contributed by atoms with Gasteiger partial charge in [0, 0.05) is 31.3 Å². The lowest BCUT2D eigenvalue weighted by atomic mass is 10.2. The molecule has 1 aromatic rings. The Kier molecular flexibility index (Phi) is 4.11. The molecular formula is C13H16N2O4. The Hall–Kier alpha value is -1.95. The van der Waals surface area contributed by atoms with Gasteiger partial charge in [0.2, 0.25) is 5.91 Å². The van der Waals surface area contributed by atoms with E-state index in [9.17, 15) is 14.7 Å². The number of hydrogen-bond donors (Lipinski definition) is 2. The highest BCUT2D eigenvalue weighted by Gasteiger charge is 2.38. The van der Waals surface area contributed by atoms with E-state index < -0.39 is 18.1 Å². The van der Waals surface area contributed by atoms with Crippen LogP contribution < -0.4 is 0 Å². The van der Waals surface area contributed by atoms with Gasteiger partial charge in [-0.1, -0.05) is 6.07 Å².